The normalized spacial score (nSPS) is 13.6. The second-order valence-corrected chi connectivity index (χ2v) is 8.83. The molecule has 0 aliphatic carbocycles. The maximum absolute atomic E-state index is 12.7. The molecule has 1 N–H and O–H groups in total. The number of amides is 2. The van der Waals surface area contributed by atoms with Gasteiger partial charge in [0.25, 0.3) is 11.8 Å². The van der Waals surface area contributed by atoms with E-state index in [9.17, 15) is 14.4 Å². The Morgan fingerprint density at radius 2 is 2.03 bits per heavy atom. The molecular formula is C25H25N3O5S. The number of anilines is 1. The predicted molar refractivity (Wildman–Crippen MR) is 129 cm³/mol. The van der Waals surface area contributed by atoms with Crippen LogP contribution in [0.1, 0.15) is 46.1 Å². The number of carbonyl (C=O) groups excluding carboxylic acids is 3. The Balaban J connectivity index is 1.49. The monoisotopic (exact) mass is 479 g/mol. The lowest BCUT2D eigenvalue weighted by molar-refractivity contribution is -0.121. The van der Waals surface area contributed by atoms with Gasteiger partial charge in [-0.25, -0.2) is 4.98 Å². The number of ether oxygens (including phenoxy) is 2. The summed E-state index contributed by atoms with van der Waals surface area (Å²) in [5.74, 6) is 0.399. The van der Waals surface area contributed by atoms with Crippen molar-refractivity contribution < 1.29 is 23.9 Å². The SMILES string of the molecule is CC[C@H](C)NC(=O)c1csc(CN2C(=O)COc3ccc(C(=O)COc4ccccc4)cc32)n1. The van der Waals surface area contributed by atoms with E-state index in [1.54, 1.807) is 35.7 Å². The van der Waals surface area contributed by atoms with Crippen LogP contribution in [0, 0.1) is 0 Å². The highest BCUT2D eigenvalue weighted by molar-refractivity contribution is 7.09. The van der Waals surface area contributed by atoms with Crippen molar-refractivity contribution in [3.05, 3.63) is 70.2 Å². The Morgan fingerprint density at radius 3 is 2.79 bits per heavy atom. The number of nitrogens with zero attached hydrogens (tertiary/aromatic N) is 2. The van der Waals surface area contributed by atoms with Crippen LogP contribution >= 0.6 is 11.3 Å². The summed E-state index contributed by atoms with van der Waals surface area (Å²) in [6.07, 6.45) is 0.819. The number of thiazole rings is 1. The van der Waals surface area contributed by atoms with Gasteiger partial charge in [0.15, 0.2) is 19.0 Å². The minimum Gasteiger partial charge on any atom is -0.485 e. The number of para-hydroxylation sites is 1. The van der Waals surface area contributed by atoms with Crippen molar-refractivity contribution in [3.8, 4) is 11.5 Å². The molecule has 9 heteroatoms. The molecule has 4 rings (SSSR count). The number of Topliss-reactive ketones (excluding diaryl/α,β-unsaturated/α-hetero) is 1. The average Bonchev–Trinajstić information content (AvgIpc) is 3.33. The van der Waals surface area contributed by atoms with E-state index >= 15 is 0 Å². The minimum absolute atomic E-state index is 0.0483. The molecule has 0 bridgehead atoms. The van der Waals surface area contributed by atoms with E-state index in [0.717, 1.165) is 6.42 Å². The molecule has 0 saturated heterocycles. The van der Waals surface area contributed by atoms with Crippen LogP contribution in [0.3, 0.4) is 0 Å². The molecule has 1 aliphatic rings. The van der Waals surface area contributed by atoms with Crippen molar-refractivity contribution in [2.24, 2.45) is 0 Å². The smallest absolute Gasteiger partial charge is 0.270 e. The predicted octanol–water partition coefficient (Wildman–Crippen LogP) is 3.86. The van der Waals surface area contributed by atoms with E-state index in [1.807, 2.05) is 32.0 Å². The van der Waals surface area contributed by atoms with Gasteiger partial charge in [-0.2, -0.15) is 0 Å². The number of nitrogens with one attached hydrogen (secondary N) is 1. The topological polar surface area (TPSA) is 97.8 Å². The number of benzene rings is 2. The fourth-order valence-electron chi connectivity index (χ4n) is 3.32. The van der Waals surface area contributed by atoms with Crippen LogP contribution in [0.5, 0.6) is 11.5 Å². The van der Waals surface area contributed by atoms with E-state index in [1.165, 1.54) is 16.2 Å². The van der Waals surface area contributed by atoms with Crippen LogP contribution in [0.15, 0.2) is 53.9 Å². The van der Waals surface area contributed by atoms with Crippen molar-refractivity contribution in [1.82, 2.24) is 10.3 Å². The Labute approximate surface area is 201 Å². The summed E-state index contributed by atoms with van der Waals surface area (Å²) in [6, 6.07) is 14.1. The van der Waals surface area contributed by atoms with Gasteiger partial charge in [-0.3, -0.25) is 19.3 Å². The van der Waals surface area contributed by atoms with Gasteiger partial charge in [0.05, 0.1) is 12.2 Å². The molecule has 0 fully saturated rings. The van der Waals surface area contributed by atoms with Crippen molar-refractivity contribution in [2.45, 2.75) is 32.9 Å². The highest BCUT2D eigenvalue weighted by atomic mass is 32.1. The quantitative estimate of drug-likeness (QED) is 0.468. The van der Waals surface area contributed by atoms with E-state index in [4.69, 9.17) is 9.47 Å². The Bertz CT molecular complexity index is 1190. The molecule has 8 nitrogen and oxygen atoms in total. The van der Waals surface area contributed by atoms with Gasteiger partial charge in [-0.05, 0) is 43.7 Å². The van der Waals surface area contributed by atoms with Gasteiger partial charge >= 0.3 is 0 Å². The molecule has 2 aromatic carbocycles. The molecule has 0 spiro atoms. The van der Waals surface area contributed by atoms with Crippen LogP contribution in [0.25, 0.3) is 0 Å². The van der Waals surface area contributed by atoms with E-state index in [-0.39, 0.29) is 43.4 Å². The third kappa shape index (κ3) is 5.43. The van der Waals surface area contributed by atoms with Gasteiger partial charge in [0, 0.05) is 17.0 Å². The Morgan fingerprint density at radius 1 is 1.24 bits per heavy atom. The van der Waals surface area contributed by atoms with Crippen LogP contribution in [0.4, 0.5) is 5.69 Å². The first kappa shape index (κ1) is 23.4. The molecule has 2 heterocycles. The minimum atomic E-state index is -0.251. The molecular weight excluding hydrogens is 454 g/mol. The zero-order chi connectivity index (χ0) is 24.1. The molecule has 0 saturated carbocycles. The molecule has 34 heavy (non-hydrogen) atoms. The molecule has 176 valence electrons. The van der Waals surface area contributed by atoms with Crippen LogP contribution in [-0.2, 0) is 11.3 Å². The molecule has 0 radical (unpaired) electrons. The summed E-state index contributed by atoms with van der Waals surface area (Å²) in [6.45, 7) is 3.86. The third-order valence-corrected chi connectivity index (χ3v) is 6.24. The van der Waals surface area contributed by atoms with Gasteiger partial charge in [-0.1, -0.05) is 25.1 Å². The first-order valence-corrected chi connectivity index (χ1v) is 11.9. The van der Waals surface area contributed by atoms with Crippen LogP contribution in [-0.4, -0.2) is 41.8 Å². The second-order valence-electron chi connectivity index (χ2n) is 7.89. The van der Waals surface area contributed by atoms with Gasteiger partial charge < -0.3 is 14.8 Å². The summed E-state index contributed by atoms with van der Waals surface area (Å²) in [5, 5.41) is 5.18. The summed E-state index contributed by atoms with van der Waals surface area (Å²) < 4.78 is 11.1. The fraction of sp³-hybridized carbons (Fsp3) is 0.280. The summed E-state index contributed by atoms with van der Waals surface area (Å²) in [4.78, 5) is 43.7. The van der Waals surface area contributed by atoms with E-state index in [2.05, 4.69) is 10.3 Å². The largest absolute Gasteiger partial charge is 0.485 e. The van der Waals surface area contributed by atoms with E-state index < -0.39 is 0 Å². The summed E-state index contributed by atoms with van der Waals surface area (Å²) >= 11 is 1.31. The molecule has 1 atom stereocenters. The van der Waals surface area contributed by atoms with Crippen molar-refractivity contribution in [2.75, 3.05) is 18.1 Å². The number of ketones is 1. The maximum atomic E-state index is 12.7. The summed E-state index contributed by atoms with van der Waals surface area (Å²) in [7, 11) is 0. The number of hydrogen-bond acceptors (Lipinski definition) is 7. The number of rotatable bonds is 9. The van der Waals surface area contributed by atoms with Crippen molar-refractivity contribution in [1.29, 1.82) is 0 Å². The molecule has 3 aromatic rings. The third-order valence-electron chi connectivity index (χ3n) is 5.40. The standard InChI is InChI=1S/C25H25N3O5S/c1-3-16(2)26-25(31)19-15-34-23(27-19)12-28-20-11-17(9-10-22(20)33-14-24(28)30)21(29)13-32-18-7-5-4-6-8-18/h4-11,15-16H,3,12-14H2,1-2H3,(H,26,31)/t16-/m0/s1. The number of hydrogen-bond donors (Lipinski definition) is 1. The number of fused-ring (bicyclic) bond motifs is 1. The fourth-order valence-corrected chi connectivity index (χ4v) is 4.08. The molecule has 0 unspecified atom stereocenters. The van der Waals surface area contributed by atoms with E-state index in [0.29, 0.717) is 33.5 Å². The first-order valence-electron chi connectivity index (χ1n) is 11.0. The molecule has 2 amide bonds. The number of carbonyl (C=O) groups is 3. The molecule has 1 aromatic heterocycles. The maximum Gasteiger partial charge on any atom is 0.270 e. The number of aromatic nitrogens is 1. The Kier molecular flexibility index (Phi) is 7.22. The van der Waals surface area contributed by atoms with Crippen LogP contribution in [0.2, 0.25) is 0 Å². The van der Waals surface area contributed by atoms with Gasteiger partial charge in [0.2, 0.25) is 0 Å². The lowest BCUT2D eigenvalue weighted by atomic mass is 10.1. The van der Waals surface area contributed by atoms with Crippen molar-refractivity contribution >= 4 is 34.6 Å². The zero-order valence-corrected chi connectivity index (χ0v) is 19.8. The first-order chi connectivity index (χ1) is 16.4. The highest BCUT2D eigenvalue weighted by Gasteiger charge is 2.28. The lowest BCUT2D eigenvalue weighted by Gasteiger charge is -2.29. The Hall–Kier alpha value is -3.72. The van der Waals surface area contributed by atoms with Crippen molar-refractivity contribution in [3.63, 3.8) is 0 Å². The lowest BCUT2D eigenvalue weighted by Crippen LogP contribution is -2.38. The van der Waals surface area contributed by atoms with Crippen LogP contribution < -0.4 is 19.7 Å². The summed E-state index contributed by atoms with van der Waals surface area (Å²) in [5.41, 5.74) is 1.22. The van der Waals surface area contributed by atoms with Gasteiger partial charge in [0.1, 0.15) is 22.2 Å². The second kappa shape index (κ2) is 10.5. The highest BCUT2D eigenvalue weighted by Crippen LogP contribution is 2.34. The molecule has 1 aliphatic heterocycles. The zero-order valence-electron chi connectivity index (χ0n) is 18.9. The average molecular weight is 480 g/mol. The van der Waals surface area contributed by atoms with Gasteiger partial charge in [-0.15, -0.1) is 11.3 Å².